The molecule has 0 aliphatic rings. The van der Waals surface area contributed by atoms with Crippen molar-refractivity contribution >= 4 is 23.3 Å². The fraction of sp³-hybridized carbons (Fsp3) is 0.200. The number of aliphatic hydroxyl groups is 1. The van der Waals surface area contributed by atoms with E-state index in [2.05, 4.69) is 4.98 Å². The van der Waals surface area contributed by atoms with Crippen LogP contribution in [-0.4, -0.2) is 21.7 Å². The maximum absolute atomic E-state index is 9.58. The third kappa shape index (κ3) is 1.92. The minimum atomic E-state index is -0.689. The fourth-order valence-corrected chi connectivity index (χ4v) is 1.56. The van der Waals surface area contributed by atoms with Crippen molar-refractivity contribution < 1.29 is 10.2 Å². The second kappa shape index (κ2) is 4.53. The van der Waals surface area contributed by atoms with E-state index in [1.165, 1.54) is 0 Å². The lowest BCUT2D eigenvalue weighted by molar-refractivity contribution is 0.188. The van der Waals surface area contributed by atoms with Crippen LogP contribution in [0.2, 0.25) is 0 Å². The minimum Gasteiger partial charge on any atom is -0.506 e. The molecule has 1 aromatic carbocycles. The largest absolute Gasteiger partial charge is 0.506 e. The SMILES string of the molecule is Cl.NCC(O)c1c[nH]c2c(O)cccc12. The summed E-state index contributed by atoms with van der Waals surface area (Å²) in [5, 5.41) is 19.9. The summed E-state index contributed by atoms with van der Waals surface area (Å²) in [4.78, 5) is 2.91. The molecule has 2 rings (SSSR count). The van der Waals surface area contributed by atoms with Crippen LogP contribution in [-0.2, 0) is 0 Å². The lowest BCUT2D eigenvalue weighted by Gasteiger charge is -2.05. The molecular weight excluding hydrogens is 216 g/mol. The number of hydrogen-bond donors (Lipinski definition) is 4. The molecule has 0 aliphatic heterocycles. The van der Waals surface area contributed by atoms with E-state index in [0.29, 0.717) is 5.52 Å². The summed E-state index contributed by atoms with van der Waals surface area (Å²) in [5.74, 6) is 0.179. The van der Waals surface area contributed by atoms with Gasteiger partial charge in [0.25, 0.3) is 0 Å². The third-order valence-electron chi connectivity index (χ3n) is 2.31. The molecular formula is C10H13ClN2O2. The number of aromatic nitrogens is 1. The molecule has 1 atom stereocenters. The number of H-pyrrole nitrogens is 1. The molecule has 5 N–H and O–H groups in total. The van der Waals surface area contributed by atoms with Gasteiger partial charge in [-0.1, -0.05) is 12.1 Å². The molecule has 2 aromatic rings. The molecule has 1 heterocycles. The van der Waals surface area contributed by atoms with Crippen molar-refractivity contribution in [2.75, 3.05) is 6.54 Å². The van der Waals surface area contributed by atoms with E-state index in [9.17, 15) is 10.2 Å². The number of aliphatic hydroxyl groups excluding tert-OH is 1. The summed E-state index contributed by atoms with van der Waals surface area (Å²) in [6.07, 6.45) is 0.979. The number of para-hydroxylation sites is 1. The number of aromatic amines is 1. The molecule has 0 radical (unpaired) electrons. The number of hydrogen-bond acceptors (Lipinski definition) is 3. The van der Waals surface area contributed by atoms with Crippen molar-refractivity contribution in [3.05, 3.63) is 30.0 Å². The van der Waals surface area contributed by atoms with Crippen molar-refractivity contribution in [3.63, 3.8) is 0 Å². The fourth-order valence-electron chi connectivity index (χ4n) is 1.56. The highest BCUT2D eigenvalue weighted by Crippen LogP contribution is 2.28. The topological polar surface area (TPSA) is 82.3 Å². The van der Waals surface area contributed by atoms with E-state index >= 15 is 0 Å². The molecule has 0 saturated carbocycles. The first-order valence-corrected chi connectivity index (χ1v) is 4.41. The number of nitrogens with one attached hydrogen (secondary N) is 1. The van der Waals surface area contributed by atoms with Gasteiger partial charge in [-0.15, -0.1) is 12.4 Å². The molecule has 0 saturated heterocycles. The Labute approximate surface area is 93.1 Å². The molecule has 4 nitrogen and oxygen atoms in total. The maximum Gasteiger partial charge on any atom is 0.139 e. The van der Waals surface area contributed by atoms with Crippen molar-refractivity contribution in [3.8, 4) is 5.75 Å². The summed E-state index contributed by atoms with van der Waals surface area (Å²) in [7, 11) is 0. The molecule has 15 heavy (non-hydrogen) atoms. The van der Waals surface area contributed by atoms with Gasteiger partial charge < -0.3 is 20.9 Å². The highest BCUT2D eigenvalue weighted by molar-refractivity contribution is 5.88. The zero-order valence-corrected chi connectivity index (χ0v) is 8.79. The van der Waals surface area contributed by atoms with E-state index in [1.54, 1.807) is 18.3 Å². The number of benzene rings is 1. The Morgan fingerprint density at radius 3 is 2.80 bits per heavy atom. The van der Waals surface area contributed by atoms with Gasteiger partial charge in [0, 0.05) is 23.7 Å². The number of nitrogens with two attached hydrogens (primary N) is 1. The normalized spacial score (nSPS) is 12.4. The summed E-state index contributed by atoms with van der Waals surface area (Å²) in [6, 6.07) is 5.16. The van der Waals surface area contributed by atoms with E-state index in [0.717, 1.165) is 10.9 Å². The maximum atomic E-state index is 9.58. The van der Waals surface area contributed by atoms with Crippen LogP contribution < -0.4 is 5.73 Å². The number of halogens is 1. The molecule has 1 aromatic heterocycles. The van der Waals surface area contributed by atoms with E-state index in [4.69, 9.17) is 5.73 Å². The zero-order chi connectivity index (χ0) is 10.1. The van der Waals surface area contributed by atoms with Crippen LogP contribution >= 0.6 is 12.4 Å². The Bertz CT molecular complexity index is 456. The molecule has 82 valence electrons. The van der Waals surface area contributed by atoms with Gasteiger partial charge in [0.05, 0.1) is 11.6 Å². The highest BCUT2D eigenvalue weighted by atomic mass is 35.5. The van der Waals surface area contributed by atoms with Gasteiger partial charge in [0.15, 0.2) is 0 Å². The van der Waals surface area contributed by atoms with Crippen LogP contribution in [0, 0.1) is 0 Å². The molecule has 0 spiro atoms. The average Bonchev–Trinajstić information content (AvgIpc) is 2.62. The number of phenols is 1. The number of aromatic hydroxyl groups is 1. The van der Waals surface area contributed by atoms with Gasteiger partial charge in [-0.25, -0.2) is 0 Å². The Morgan fingerprint density at radius 1 is 1.40 bits per heavy atom. The number of phenolic OH excluding ortho intramolecular Hbond substituents is 1. The molecule has 0 bridgehead atoms. The number of rotatable bonds is 2. The van der Waals surface area contributed by atoms with Gasteiger partial charge in [0.1, 0.15) is 5.75 Å². The predicted molar refractivity (Wildman–Crippen MR) is 61.2 cm³/mol. The van der Waals surface area contributed by atoms with Gasteiger partial charge >= 0.3 is 0 Å². The zero-order valence-electron chi connectivity index (χ0n) is 7.97. The van der Waals surface area contributed by atoms with Crippen molar-refractivity contribution in [2.24, 2.45) is 5.73 Å². The molecule has 1 unspecified atom stereocenters. The van der Waals surface area contributed by atoms with Crippen molar-refractivity contribution in [1.29, 1.82) is 0 Å². The van der Waals surface area contributed by atoms with E-state index in [1.807, 2.05) is 6.07 Å². The minimum absolute atomic E-state index is 0. The molecule has 5 heteroatoms. The van der Waals surface area contributed by atoms with Crippen LogP contribution in [0.1, 0.15) is 11.7 Å². The summed E-state index contributed by atoms with van der Waals surface area (Å²) < 4.78 is 0. The van der Waals surface area contributed by atoms with Gasteiger partial charge in [-0.2, -0.15) is 0 Å². The summed E-state index contributed by atoms with van der Waals surface area (Å²) >= 11 is 0. The summed E-state index contributed by atoms with van der Waals surface area (Å²) in [6.45, 7) is 0.169. The summed E-state index contributed by atoms with van der Waals surface area (Å²) in [5.41, 5.74) is 6.72. The first-order chi connectivity index (χ1) is 6.74. The first-order valence-electron chi connectivity index (χ1n) is 4.41. The van der Waals surface area contributed by atoms with Gasteiger partial charge in [-0.05, 0) is 6.07 Å². The van der Waals surface area contributed by atoms with Crippen molar-refractivity contribution in [1.82, 2.24) is 4.98 Å². The van der Waals surface area contributed by atoms with Gasteiger partial charge in [-0.3, -0.25) is 0 Å². The second-order valence-electron chi connectivity index (χ2n) is 3.20. The smallest absolute Gasteiger partial charge is 0.139 e. The lowest BCUT2D eigenvalue weighted by atomic mass is 10.1. The van der Waals surface area contributed by atoms with Crippen LogP contribution in [0.3, 0.4) is 0 Å². The second-order valence-corrected chi connectivity index (χ2v) is 3.20. The van der Waals surface area contributed by atoms with Crippen molar-refractivity contribution in [2.45, 2.75) is 6.10 Å². The quantitative estimate of drug-likeness (QED) is 0.625. The lowest BCUT2D eigenvalue weighted by Crippen LogP contribution is -2.10. The molecule has 0 amide bonds. The van der Waals surface area contributed by atoms with Crippen LogP contribution in [0.5, 0.6) is 5.75 Å². The standard InChI is InChI=1S/C10H12N2O2.ClH/c11-4-9(14)7-5-12-10-6(7)2-1-3-8(10)13;/h1-3,5,9,12-14H,4,11H2;1H. The van der Waals surface area contributed by atoms with Crippen LogP contribution in [0.4, 0.5) is 0 Å². The predicted octanol–water partition coefficient (Wildman–Crippen LogP) is 1.29. The highest BCUT2D eigenvalue weighted by Gasteiger charge is 2.12. The first kappa shape index (κ1) is 11.8. The van der Waals surface area contributed by atoms with Gasteiger partial charge in [0.2, 0.25) is 0 Å². The Hall–Kier alpha value is -1.23. The Kier molecular flexibility index (Phi) is 3.57. The van der Waals surface area contributed by atoms with E-state index in [-0.39, 0.29) is 24.7 Å². The monoisotopic (exact) mass is 228 g/mol. The third-order valence-corrected chi connectivity index (χ3v) is 2.31. The Morgan fingerprint density at radius 2 is 2.13 bits per heavy atom. The van der Waals surface area contributed by atoms with E-state index < -0.39 is 6.10 Å². The Balaban J connectivity index is 0.00000112. The number of fused-ring (bicyclic) bond motifs is 1. The average molecular weight is 229 g/mol. The van der Waals surface area contributed by atoms with Crippen LogP contribution in [0.25, 0.3) is 10.9 Å². The molecule has 0 aliphatic carbocycles. The van der Waals surface area contributed by atoms with Crippen LogP contribution in [0.15, 0.2) is 24.4 Å². The molecule has 0 fully saturated rings.